The van der Waals surface area contributed by atoms with Crippen LogP contribution in [0.5, 0.6) is 11.5 Å². The third kappa shape index (κ3) is 5.18. The number of esters is 1. The summed E-state index contributed by atoms with van der Waals surface area (Å²) in [6.45, 7) is 3.13. The van der Waals surface area contributed by atoms with Crippen LogP contribution in [0.3, 0.4) is 0 Å². The molecule has 0 atom stereocenters. The number of carbonyl (C=O) groups excluding carboxylic acids is 2. The normalized spacial score (nSPS) is 16.6. The number of piperidine rings is 1. The summed E-state index contributed by atoms with van der Waals surface area (Å²) in [6.07, 6.45) is 0.653. The van der Waals surface area contributed by atoms with E-state index >= 15 is 0 Å². The molecular weight excluding hydrogens is 460 g/mol. The van der Waals surface area contributed by atoms with Crippen molar-refractivity contribution in [2.24, 2.45) is 5.92 Å². The Labute approximate surface area is 199 Å². The smallest absolute Gasteiger partial charge is 0.309 e. The number of hydrogen-bond acceptors (Lipinski definition) is 7. The highest BCUT2D eigenvalue weighted by Gasteiger charge is 2.34. The largest absolute Gasteiger partial charge is 0.486 e. The van der Waals surface area contributed by atoms with Crippen LogP contribution in [-0.4, -0.2) is 64.1 Å². The van der Waals surface area contributed by atoms with Crippen molar-refractivity contribution in [1.29, 1.82) is 0 Å². The average Bonchev–Trinajstić information content (AvgIpc) is 2.88. The maximum absolute atomic E-state index is 13.1. The van der Waals surface area contributed by atoms with Gasteiger partial charge in [-0.15, -0.1) is 0 Å². The van der Waals surface area contributed by atoms with Gasteiger partial charge in [-0.25, -0.2) is 8.42 Å². The summed E-state index contributed by atoms with van der Waals surface area (Å²) in [4.78, 5) is 26.8. The molecule has 0 spiro atoms. The van der Waals surface area contributed by atoms with Gasteiger partial charge in [0.2, 0.25) is 10.0 Å². The minimum Gasteiger partial charge on any atom is -0.486 e. The minimum absolute atomic E-state index is 0.129. The summed E-state index contributed by atoms with van der Waals surface area (Å²) < 4.78 is 43.7. The van der Waals surface area contributed by atoms with E-state index in [-0.39, 0.29) is 30.5 Å². The van der Waals surface area contributed by atoms with Crippen LogP contribution in [0.4, 0.5) is 5.69 Å². The summed E-state index contributed by atoms with van der Waals surface area (Å²) in [7, 11) is -3.73. The molecule has 2 heterocycles. The van der Waals surface area contributed by atoms with Crippen molar-refractivity contribution in [2.75, 3.05) is 44.4 Å². The van der Waals surface area contributed by atoms with Crippen LogP contribution in [0.15, 0.2) is 53.4 Å². The van der Waals surface area contributed by atoms with Crippen LogP contribution in [-0.2, 0) is 24.3 Å². The zero-order chi connectivity index (χ0) is 24.1. The molecule has 1 fully saturated rings. The average molecular weight is 489 g/mol. The van der Waals surface area contributed by atoms with Gasteiger partial charge in [-0.05, 0) is 44.0 Å². The number of para-hydroxylation sites is 1. The van der Waals surface area contributed by atoms with E-state index in [1.807, 2.05) is 37.3 Å². The molecule has 0 bridgehead atoms. The Hall–Kier alpha value is -3.11. The fourth-order valence-corrected chi connectivity index (χ4v) is 5.59. The van der Waals surface area contributed by atoms with Crippen LogP contribution in [0.2, 0.25) is 0 Å². The van der Waals surface area contributed by atoms with Crippen molar-refractivity contribution < 1.29 is 32.2 Å². The van der Waals surface area contributed by atoms with Crippen LogP contribution in [0, 0.1) is 5.92 Å². The van der Waals surface area contributed by atoms with Gasteiger partial charge in [0.15, 0.2) is 18.1 Å². The molecule has 0 unspecified atom stereocenters. The van der Waals surface area contributed by atoms with Crippen molar-refractivity contribution >= 4 is 27.6 Å². The quantitative estimate of drug-likeness (QED) is 0.552. The molecule has 0 aliphatic carbocycles. The minimum atomic E-state index is -3.73. The lowest BCUT2D eigenvalue weighted by atomic mass is 9.98. The van der Waals surface area contributed by atoms with E-state index in [9.17, 15) is 18.0 Å². The maximum atomic E-state index is 13.1. The highest BCUT2D eigenvalue weighted by atomic mass is 32.2. The number of fused-ring (bicyclic) bond motifs is 1. The van der Waals surface area contributed by atoms with Crippen LogP contribution >= 0.6 is 0 Å². The number of carbonyl (C=O) groups is 2. The highest BCUT2D eigenvalue weighted by molar-refractivity contribution is 7.89. The number of sulfonamides is 1. The maximum Gasteiger partial charge on any atom is 0.309 e. The molecule has 0 radical (unpaired) electrons. The van der Waals surface area contributed by atoms with E-state index in [1.165, 1.54) is 16.4 Å². The Balaban J connectivity index is 1.31. The topological polar surface area (TPSA) is 102 Å². The van der Waals surface area contributed by atoms with E-state index in [0.717, 1.165) is 5.69 Å². The molecular formula is C24H28N2O7S. The number of benzene rings is 2. The number of likely N-dealkylation sites (N-methyl/N-ethyl adjacent to an activating group) is 1. The first kappa shape index (κ1) is 24.0. The van der Waals surface area contributed by atoms with Crippen LogP contribution in [0.25, 0.3) is 0 Å². The first-order chi connectivity index (χ1) is 16.4. The first-order valence-electron chi connectivity index (χ1n) is 11.3. The van der Waals surface area contributed by atoms with E-state index in [1.54, 1.807) is 11.0 Å². The van der Waals surface area contributed by atoms with E-state index in [4.69, 9.17) is 14.2 Å². The molecule has 182 valence electrons. The fraction of sp³-hybridized carbons (Fsp3) is 0.417. The number of rotatable bonds is 7. The molecule has 2 aromatic carbocycles. The summed E-state index contributed by atoms with van der Waals surface area (Å²) in [5, 5.41) is 0. The zero-order valence-corrected chi connectivity index (χ0v) is 19.8. The zero-order valence-electron chi connectivity index (χ0n) is 19.0. The molecule has 9 nitrogen and oxygen atoms in total. The number of nitrogens with zero attached hydrogens (tertiary/aromatic N) is 2. The van der Waals surface area contributed by atoms with Crippen LogP contribution < -0.4 is 14.4 Å². The van der Waals surface area contributed by atoms with Gasteiger partial charge < -0.3 is 19.1 Å². The third-order valence-electron chi connectivity index (χ3n) is 5.96. The van der Waals surface area contributed by atoms with Gasteiger partial charge in [0.1, 0.15) is 13.2 Å². The number of ether oxygens (including phenoxy) is 3. The Kier molecular flexibility index (Phi) is 7.38. The van der Waals surface area contributed by atoms with Crippen molar-refractivity contribution in [3.63, 3.8) is 0 Å². The van der Waals surface area contributed by atoms with Crippen molar-refractivity contribution in [2.45, 2.75) is 24.7 Å². The van der Waals surface area contributed by atoms with Crippen molar-refractivity contribution in [3.05, 3.63) is 48.5 Å². The lowest BCUT2D eigenvalue weighted by Crippen LogP contribution is -2.41. The van der Waals surface area contributed by atoms with Crippen molar-refractivity contribution in [1.82, 2.24) is 4.31 Å². The molecule has 0 aromatic heterocycles. The Morgan fingerprint density at radius 3 is 2.38 bits per heavy atom. The fourth-order valence-electron chi connectivity index (χ4n) is 4.10. The second kappa shape index (κ2) is 10.4. The van der Waals surface area contributed by atoms with Crippen LogP contribution in [0.1, 0.15) is 19.8 Å². The molecule has 1 amide bonds. The Morgan fingerprint density at radius 2 is 1.71 bits per heavy atom. The number of anilines is 1. The van der Waals surface area contributed by atoms with E-state index < -0.39 is 21.9 Å². The molecule has 2 aliphatic rings. The van der Waals surface area contributed by atoms with Gasteiger partial charge in [-0.1, -0.05) is 18.2 Å². The molecule has 4 rings (SSSR count). The molecule has 1 saturated heterocycles. The molecule has 34 heavy (non-hydrogen) atoms. The SMILES string of the molecule is CCN(C(=O)COC(=O)C1CCN(S(=O)(=O)c2ccc3c(c2)OCCO3)CC1)c1ccccc1. The number of amides is 1. The standard InChI is InChI=1S/C24H28N2O7S/c1-2-26(19-6-4-3-5-7-19)23(27)17-33-24(28)18-10-12-25(13-11-18)34(29,30)20-8-9-21-22(16-20)32-15-14-31-21/h3-9,16,18H,2,10-15,17H2,1H3. The van der Waals surface area contributed by atoms with Gasteiger partial charge in [0.25, 0.3) is 5.91 Å². The van der Waals surface area contributed by atoms with Gasteiger partial charge >= 0.3 is 5.97 Å². The monoisotopic (exact) mass is 488 g/mol. The second-order valence-electron chi connectivity index (χ2n) is 8.07. The Morgan fingerprint density at radius 1 is 1.03 bits per heavy atom. The lowest BCUT2D eigenvalue weighted by molar-refractivity contribution is -0.153. The predicted octanol–water partition coefficient (Wildman–Crippen LogP) is 2.45. The number of hydrogen-bond donors (Lipinski definition) is 0. The van der Waals surface area contributed by atoms with E-state index in [0.29, 0.717) is 44.1 Å². The summed E-state index contributed by atoms with van der Waals surface area (Å²) in [5.74, 6) is -0.303. The molecule has 2 aliphatic heterocycles. The Bertz CT molecular complexity index is 1130. The van der Waals surface area contributed by atoms with Gasteiger partial charge in [-0.3, -0.25) is 9.59 Å². The summed E-state index contributed by atoms with van der Waals surface area (Å²) >= 11 is 0. The third-order valence-corrected chi connectivity index (χ3v) is 7.86. The van der Waals surface area contributed by atoms with E-state index in [2.05, 4.69) is 0 Å². The highest BCUT2D eigenvalue weighted by Crippen LogP contribution is 2.34. The van der Waals surface area contributed by atoms with Gasteiger partial charge in [0, 0.05) is 31.4 Å². The molecule has 0 N–H and O–H groups in total. The van der Waals surface area contributed by atoms with Crippen molar-refractivity contribution in [3.8, 4) is 11.5 Å². The summed E-state index contributed by atoms with van der Waals surface area (Å²) in [5.41, 5.74) is 0.740. The van der Waals surface area contributed by atoms with Gasteiger partial charge in [-0.2, -0.15) is 4.31 Å². The molecule has 2 aromatic rings. The second-order valence-corrected chi connectivity index (χ2v) is 10.0. The summed E-state index contributed by atoms with van der Waals surface area (Å²) in [6, 6.07) is 13.7. The first-order valence-corrected chi connectivity index (χ1v) is 12.8. The lowest BCUT2D eigenvalue weighted by Gasteiger charge is -2.30. The molecule has 0 saturated carbocycles. The molecule has 10 heteroatoms. The predicted molar refractivity (Wildman–Crippen MR) is 124 cm³/mol. The van der Waals surface area contributed by atoms with Gasteiger partial charge in [0.05, 0.1) is 10.8 Å².